The molecule has 5 nitrogen and oxygen atoms in total. The van der Waals surface area contributed by atoms with Crippen molar-refractivity contribution < 1.29 is 13.2 Å². The van der Waals surface area contributed by atoms with Gasteiger partial charge in [0.15, 0.2) is 0 Å². The number of hydrogen-bond acceptors (Lipinski definition) is 4. The van der Waals surface area contributed by atoms with Gasteiger partial charge < -0.3 is 4.74 Å². The van der Waals surface area contributed by atoms with E-state index < -0.39 is 10.0 Å². The summed E-state index contributed by atoms with van der Waals surface area (Å²) in [6, 6.07) is 15.4. The summed E-state index contributed by atoms with van der Waals surface area (Å²) in [5.41, 5.74) is 1.16. The third-order valence-corrected chi connectivity index (χ3v) is 4.59. The zero-order chi connectivity index (χ0) is 15.6. The molecule has 112 valence electrons. The first kappa shape index (κ1) is 14.3. The molecule has 0 aliphatic rings. The molecule has 0 saturated heterocycles. The Kier molecular flexibility index (Phi) is 3.68. The quantitative estimate of drug-likeness (QED) is 0.803. The second kappa shape index (κ2) is 5.65. The Hall–Kier alpha value is -2.60. The molecule has 0 atom stereocenters. The molecule has 0 radical (unpaired) electrons. The number of benzene rings is 2. The smallest absolute Gasteiger partial charge is 0.261 e. The molecule has 0 aliphatic heterocycles. The standard InChI is InChI=1S/C16H14N2O3S/c1-21-14-8-7-12-9-13(11-17-16(12)10-14)18-22(19,20)15-5-3-2-4-6-15/h2-11,18H,1H3. The van der Waals surface area contributed by atoms with Gasteiger partial charge in [0, 0.05) is 11.5 Å². The molecule has 1 aromatic heterocycles. The first-order valence-electron chi connectivity index (χ1n) is 6.60. The Bertz CT molecular complexity index is 909. The van der Waals surface area contributed by atoms with Crippen LogP contribution >= 0.6 is 0 Å². The largest absolute Gasteiger partial charge is 0.497 e. The number of fused-ring (bicyclic) bond motifs is 1. The predicted molar refractivity (Wildman–Crippen MR) is 85.5 cm³/mol. The zero-order valence-electron chi connectivity index (χ0n) is 11.9. The van der Waals surface area contributed by atoms with Crippen LogP contribution in [0.15, 0.2) is 65.7 Å². The zero-order valence-corrected chi connectivity index (χ0v) is 12.7. The van der Waals surface area contributed by atoms with Crippen LogP contribution in [0.25, 0.3) is 10.9 Å². The van der Waals surface area contributed by atoms with Crippen molar-refractivity contribution in [2.75, 3.05) is 11.8 Å². The van der Waals surface area contributed by atoms with Crippen LogP contribution in [0.1, 0.15) is 0 Å². The van der Waals surface area contributed by atoms with Gasteiger partial charge in [-0.1, -0.05) is 18.2 Å². The van der Waals surface area contributed by atoms with Crippen LogP contribution < -0.4 is 9.46 Å². The van der Waals surface area contributed by atoms with E-state index in [1.165, 1.54) is 6.20 Å². The number of hydrogen-bond donors (Lipinski definition) is 1. The lowest BCUT2D eigenvalue weighted by atomic mass is 10.2. The molecule has 0 amide bonds. The number of nitrogens with zero attached hydrogens (tertiary/aromatic N) is 1. The summed E-state index contributed by atoms with van der Waals surface area (Å²) in [6.45, 7) is 0. The summed E-state index contributed by atoms with van der Waals surface area (Å²) in [5, 5.41) is 0.828. The molecular formula is C16H14N2O3S. The number of ether oxygens (including phenoxy) is 1. The maximum absolute atomic E-state index is 12.3. The van der Waals surface area contributed by atoms with Crippen molar-refractivity contribution >= 4 is 26.6 Å². The molecule has 1 N–H and O–H groups in total. The highest BCUT2D eigenvalue weighted by molar-refractivity contribution is 7.92. The van der Waals surface area contributed by atoms with Gasteiger partial charge in [0.2, 0.25) is 0 Å². The highest BCUT2D eigenvalue weighted by atomic mass is 32.2. The summed E-state index contributed by atoms with van der Waals surface area (Å²) in [7, 11) is -2.02. The van der Waals surface area contributed by atoms with Gasteiger partial charge in [-0.25, -0.2) is 8.42 Å². The Morgan fingerprint density at radius 2 is 1.82 bits per heavy atom. The molecule has 0 unspecified atom stereocenters. The fourth-order valence-corrected chi connectivity index (χ4v) is 3.15. The lowest BCUT2D eigenvalue weighted by Crippen LogP contribution is -2.12. The number of rotatable bonds is 4. The Labute approximate surface area is 128 Å². The molecule has 0 spiro atoms. The third kappa shape index (κ3) is 2.87. The molecule has 0 fully saturated rings. The molecule has 6 heteroatoms. The highest BCUT2D eigenvalue weighted by Gasteiger charge is 2.13. The Balaban J connectivity index is 1.94. The van der Waals surface area contributed by atoms with Crippen LogP contribution in [-0.4, -0.2) is 20.5 Å². The van der Waals surface area contributed by atoms with E-state index in [0.717, 1.165) is 10.9 Å². The second-order valence-electron chi connectivity index (χ2n) is 4.70. The van der Waals surface area contributed by atoms with Crippen LogP contribution in [0.3, 0.4) is 0 Å². The molecule has 0 aliphatic carbocycles. The average Bonchev–Trinajstić information content (AvgIpc) is 2.55. The first-order chi connectivity index (χ1) is 10.6. The first-order valence-corrected chi connectivity index (χ1v) is 8.08. The van der Waals surface area contributed by atoms with Gasteiger partial charge in [-0.05, 0) is 30.3 Å². The monoisotopic (exact) mass is 314 g/mol. The topological polar surface area (TPSA) is 68.3 Å². The van der Waals surface area contributed by atoms with E-state index in [0.29, 0.717) is 11.4 Å². The van der Waals surface area contributed by atoms with E-state index in [2.05, 4.69) is 9.71 Å². The van der Waals surface area contributed by atoms with E-state index in [4.69, 9.17) is 4.74 Å². The molecule has 3 aromatic rings. The van der Waals surface area contributed by atoms with E-state index in [-0.39, 0.29) is 4.90 Å². The maximum atomic E-state index is 12.3. The Morgan fingerprint density at radius 1 is 1.05 bits per heavy atom. The SMILES string of the molecule is COc1ccc2cc(NS(=O)(=O)c3ccccc3)cnc2c1. The van der Waals surface area contributed by atoms with Crippen LogP contribution in [0.4, 0.5) is 5.69 Å². The molecular weight excluding hydrogens is 300 g/mol. The highest BCUT2D eigenvalue weighted by Crippen LogP contribution is 2.23. The minimum Gasteiger partial charge on any atom is -0.497 e. The summed E-state index contributed by atoms with van der Waals surface area (Å²) in [5.74, 6) is 0.706. The van der Waals surface area contributed by atoms with Gasteiger partial charge in [0.25, 0.3) is 10.0 Å². The molecule has 0 saturated carbocycles. The predicted octanol–water partition coefficient (Wildman–Crippen LogP) is 3.04. The van der Waals surface area contributed by atoms with E-state index in [9.17, 15) is 8.42 Å². The number of methoxy groups -OCH3 is 1. The van der Waals surface area contributed by atoms with Crippen molar-refractivity contribution in [2.45, 2.75) is 4.90 Å². The maximum Gasteiger partial charge on any atom is 0.261 e. The van der Waals surface area contributed by atoms with Crippen LogP contribution in [0.5, 0.6) is 5.75 Å². The van der Waals surface area contributed by atoms with E-state index in [1.54, 1.807) is 55.6 Å². The number of aromatic nitrogens is 1. The Morgan fingerprint density at radius 3 is 2.55 bits per heavy atom. The van der Waals surface area contributed by atoms with Crippen LogP contribution in [0, 0.1) is 0 Å². The minimum atomic E-state index is -3.61. The fourth-order valence-electron chi connectivity index (χ4n) is 2.10. The molecule has 0 bridgehead atoms. The average molecular weight is 314 g/mol. The van der Waals surface area contributed by atoms with Crippen LogP contribution in [-0.2, 0) is 10.0 Å². The van der Waals surface area contributed by atoms with Crippen molar-refractivity contribution in [2.24, 2.45) is 0 Å². The lowest BCUT2D eigenvalue weighted by molar-refractivity contribution is 0.415. The molecule has 3 rings (SSSR count). The van der Waals surface area contributed by atoms with E-state index >= 15 is 0 Å². The number of anilines is 1. The fraction of sp³-hybridized carbons (Fsp3) is 0.0625. The van der Waals surface area contributed by atoms with Crippen molar-refractivity contribution in [3.8, 4) is 5.75 Å². The summed E-state index contributed by atoms with van der Waals surface area (Å²) < 4.78 is 32.2. The van der Waals surface area contributed by atoms with Gasteiger partial charge in [-0.15, -0.1) is 0 Å². The minimum absolute atomic E-state index is 0.213. The van der Waals surface area contributed by atoms with Gasteiger partial charge in [-0.2, -0.15) is 0 Å². The number of pyridine rings is 1. The van der Waals surface area contributed by atoms with Crippen molar-refractivity contribution in [3.63, 3.8) is 0 Å². The molecule has 2 aromatic carbocycles. The van der Waals surface area contributed by atoms with Gasteiger partial charge in [0.1, 0.15) is 5.75 Å². The van der Waals surface area contributed by atoms with Gasteiger partial charge in [-0.3, -0.25) is 9.71 Å². The summed E-state index contributed by atoms with van der Waals surface area (Å²) in [4.78, 5) is 4.47. The molecule has 22 heavy (non-hydrogen) atoms. The summed E-state index contributed by atoms with van der Waals surface area (Å²) in [6.07, 6.45) is 1.49. The van der Waals surface area contributed by atoms with Crippen molar-refractivity contribution in [1.29, 1.82) is 0 Å². The summed E-state index contributed by atoms with van der Waals surface area (Å²) >= 11 is 0. The van der Waals surface area contributed by atoms with Gasteiger partial charge >= 0.3 is 0 Å². The number of nitrogens with one attached hydrogen (secondary N) is 1. The second-order valence-corrected chi connectivity index (χ2v) is 6.38. The van der Waals surface area contributed by atoms with E-state index in [1.807, 2.05) is 6.07 Å². The van der Waals surface area contributed by atoms with Crippen molar-refractivity contribution in [3.05, 3.63) is 60.8 Å². The number of sulfonamides is 1. The van der Waals surface area contributed by atoms with Crippen molar-refractivity contribution in [1.82, 2.24) is 4.98 Å². The lowest BCUT2D eigenvalue weighted by Gasteiger charge is -2.09. The third-order valence-electron chi connectivity index (χ3n) is 3.20. The van der Waals surface area contributed by atoms with Gasteiger partial charge in [0.05, 0.1) is 29.4 Å². The normalized spacial score (nSPS) is 11.3. The molecule has 1 heterocycles. The van der Waals surface area contributed by atoms with Crippen LogP contribution in [0.2, 0.25) is 0 Å².